The lowest BCUT2D eigenvalue weighted by atomic mass is 10.0. The Morgan fingerprint density at radius 2 is 1.57 bits per heavy atom. The smallest absolute Gasteiger partial charge is 0.408 e. The van der Waals surface area contributed by atoms with Crippen molar-refractivity contribution in [1.82, 2.24) is 10.6 Å². The van der Waals surface area contributed by atoms with Crippen LogP contribution in [0.1, 0.15) is 54.9 Å². The van der Waals surface area contributed by atoms with Gasteiger partial charge in [-0.2, -0.15) is 0 Å². The Balaban J connectivity index is 4.91. The summed E-state index contributed by atoms with van der Waals surface area (Å²) in [5.74, 6) is -1.71. The van der Waals surface area contributed by atoms with Gasteiger partial charge in [-0.1, -0.05) is 27.7 Å². The predicted octanol–water partition coefficient (Wildman–Crippen LogP) is 2.15. The molecule has 0 aromatic rings. The standard InChI is InChI=1S/C16H30N2O5/c1-9(2)8-11(14(20)21)17-13(19)12(10(3)4)18-15(22)23-16(5,6)7/h9-12H,8H2,1-7H3,(H,17,19)(H,18,22)(H,20,21)/t11-,12+/m1/s1. The van der Waals surface area contributed by atoms with Crippen molar-refractivity contribution < 1.29 is 24.2 Å². The van der Waals surface area contributed by atoms with E-state index in [1.165, 1.54) is 0 Å². The molecular weight excluding hydrogens is 300 g/mol. The molecule has 0 saturated heterocycles. The van der Waals surface area contributed by atoms with E-state index in [9.17, 15) is 19.5 Å². The molecule has 134 valence electrons. The number of ether oxygens (including phenoxy) is 1. The Labute approximate surface area is 138 Å². The van der Waals surface area contributed by atoms with Crippen LogP contribution in [-0.4, -0.2) is 40.8 Å². The summed E-state index contributed by atoms with van der Waals surface area (Å²) in [6.07, 6.45) is -0.389. The lowest BCUT2D eigenvalue weighted by Crippen LogP contribution is -2.54. The van der Waals surface area contributed by atoms with Crippen molar-refractivity contribution in [3.63, 3.8) is 0 Å². The molecule has 0 fully saturated rings. The molecule has 3 N–H and O–H groups in total. The maximum absolute atomic E-state index is 12.3. The van der Waals surface area contributed by atoms with Crippen LogP contribution in [0.4, 0.5) is 4.79 Å². The van der Waals surface area contributed by atoms with E-state index >= 15 is 0 Å². The van der Waals surface area contributed by atoms with Gasteiger partial charge in [-0.05, 0) is 39.0 Å². The molecule has 0 aliphatic carbocycles. The lowest BCUT2D eigenvalue weighted by molar-refractivity contribution is -0.142. The topological polar surface area (TPSA) is 105 Å². The minimum Gasteiger partial charge on any atom is -0.480 e. The Kier molecular flexibility index (Phi) is 8.06. The third-order valence-corrected chi connectivity index (χ3v) is 2.94. The number of hydrogen-bond acceptors (Lipinski definition) is 4. The van der Waals surface area contributed by atoms with Crippen LogP contribution >= 0.6 is 0 Å². The van der Waals surface area contributed by atoms with E-state index in [1.54, 1.807) is 34.6 Å². The highest BCUT2D eigenvalue weighted by Crippen LogP contribution is 2.10. The molecule has 0 aromatic heterocycles. The fourth-order valence-electron chi connectivity index (χ4n) is 1.92. The molecule has 0 rings (SSSR count). The second kappa shape index (κ2) is 8.74. The minimum absolute atomic E-state index is 0.118. The van der Waals surface area contributed by atoms with E-state index in [1.807, 2.05) is 13.8 Å². The number of rotatable bonds is 7. The van der Waals surface area contributed by atoms with Crippen LogP contribution in [0.2, 0.25) is 0 Å². The zero-order valence-corrected chi connectivity index (χ0v) is 15.1. The number of carboxylic acids is 1. The van der Waals surface area contributed by atoms with Gasteiger partial charge in [-0.25, -0.2) is 9.59 Å². The quantitative estimate of drug-likeness (QED) is 0.663. The number of alkyl carbamates (subject to hydrolysis) is 1. The van der Waals surface area contributed by atoms with E-state index in [0.717, 1.165) is 0 Å². The van der Waals surface area contributed by atoms with Crippen molar-refractivity contribution in [3.8, 4) is 0 Å². The van der Waals surface area contributed by atoms with Gasteiger partial charge >= 0.3 is 12.1 Å². The van der Waals surface area contributed by atoms with Gasteiger partial charge in [-0.15, -0.1) is 0 Å². The number of carbonyl (C=O) groups is 3. The van der Waals surface area contributed by atoms with Gasteiger partial charge in [0.25, 0.3) is 0 Å². The fraction of sp³-hybridized carbons (Fsp3) is 0.812. The molecule has 0 unspecified atom stereocenters. The second-order valence-corrected chi connectivity index (χ2v) is 7.40. The molecule has 7 heteroatoms. The molecule has 0 aliphatic rings. The van der Waals surface area contributed by atoms with Gasteiger partial charge in [0.15, 0.2) is 0 Å². The number of carboxylic acid groups (broad SMARTS) is 1. The van der Waals surface area contributed by atoms with Crippen molar-refractivity contribution in [2.45, 2.75) is 72.6 Å². The van der Waals surface area contributed by atoms with E-state index < -0.39 is 35.7 Å². The van der Waals surface area contributed by atoms with E-state index in [0.29, 0.717) is 6.42 Å². The van der Waals surface area contributed by atoms with Crippen LogP contribution < -0.4 is 10.6 Å². The van der Waals surface area contributed by atoms with Crippen LogP contribution in [0.3, 0.4) is 0 Å². The Bertz CT molecular complexity index is 427. The monoisotopic (exact) mass is 330 g/mol. The molecule has 7 nitrogen and oxygen atoms in total. The maximum atomic E-state index is 12.3. The van der Waals surface area contributed by atoms with Gasteiger partial charge in [-0.3, -0.25) is 4.79 Å². The highest BCUT2D eigenvalue weighted by atomic mass is 16.6. The molecule has 0 spiro atoms. The van der Waals surface area contributed by atoms with Crippen molar-refractivity contribution in [2.24, 2.45) is 11.8 Å². The molecule has 0 saturated carbocycles. The molecule has 0 heterocycles. The number of amides is 2. The summed E-state index contributed by atoms with van der Waals surface area (Å²) in [5, 5.41) is 14.2. The first-order valence-electron chi connectivity index (χ1n) is 7.86. The Morgan fingerprint density at radius 1 is 1.04 bits per heavy atom. The van der Waals surface area contributed by atoms with Gasteiger partial charge in [0.2, 0.25) is 5.91 Å². The molecule has 2 atom stereocenters. The largest absolute Gasteiger partial charge is 0.480 e. The number of aliphatic carboxylic acids is 1. The second-order valence-electron chi connectivity index (χ2n) is 7.40. The van der Waals surface area contributed by atoms with E-state index in [2.05, 4.69) is 10.6 Å². The summed E-state index contributed by atoms with van der Waals surface area (Å²) >= 11 is 0. The SMILES string of the molecule is CC(C)C[C@@H](NC(=O)[C@@H](NC(=O)OC(C)(C)C)C(C)C)C(=O)O. The first-order chi connectivity index (χ1) is 10.3. The normalized spacial score (nSPS) is 14.3. The van der Waals surface area contributed by atoms with Crippen LogP contribution in [0.25, 0.3) is 0 Å². The molecule has 2 amide bonds. The van der Waals surface area contributed by atoms with E-state index in [4.69, 9.17) is 4.74 Å². The zero-order valence-electron chi connectivity index (χ0n) is 15.1. The predicted molar refractivity (Wildman–Crippen MR) is 87.0 cm³/mol. The fourth-order valence-corrected chi connectivity index (χ4v) is 1.92. The number of nitrogens with one attached hydrogen (secondary N) is 2. The first-order valence-corrected chi connectivity index (χ1v) is 7.86. The lowest BCUT2D eigenvalue weighted by Gasteiger charge is -2.26. The molecule has 0 aliphatic heterocycles. The van der Waals surface area contributed by atoms with Crippen molar-refractivity contribution in [1.29, 1.82) is 0 Å². The summed E-state index contributed by atoms with van der Waals surface area (Å²) in [6.45, 7) is 12.4. The van der Waals surface area contributed by atoms with Crippen LogP contribution in [0, 0.1) is 11.8 Å². The third-order valence-electron chi connectivity index (χ3n) is 2.94. The summed E-state index contributed by atoms with van der Waals surface area (Å²) < 4.78 is 5.14. The highest BCUT2D eigenvalue weighted by Gasteiger charge is 2.30. The zero-order chi connectivity index (χ0) is 18.4. The molecule has 0 radical (unpaired) electrons. The number of hydrogen-bond donors (Lipinski definition) is 3. The van der Waals surface area contributed by atoms with Gasteiger partial charge in [0, 0.05) is 0 Å². The summed E-state index contributed by atoms with van der Waals surface area (Å²) in [7, 11) is 0. The first kappa shape index (κ1) is 21.2. The van der Waals surface area contributed by atoms with Gasteiger partial charge < -0.3 is 20.5 Å². The molecular formula is C16H30N2O5. The van der Waals surface area contributed by atoms with Crippen LogP contribution in [-0.2, 0) is 14.3 Å². The average Bonchev–Trinajstić information content (AvgIpc) is 2.31. The maximum Gasteiger partial charge on any atom is 0.408 e. The summed E-state index contributed by atoms with van der Waals surface area (Å²) in [5.41, 5.74) is -0.677. The van der Waals surface area contributed by atoms with Crippen molar-refractivity contribution in [2.75, 3.05) is 0 Å². The molecule has 23 heavy (non-hydrogen) atoms. The Hall–Kier alpha value is -1.79. The van der Waals surface area contributed by atoms with Crippen LogP contribution in [0.5, 0.6) is 0 Å². The molecule has 0 bridgehead atoms. The minimum atomic E-state index is -1.09. The Morgan fingerprint density at radius 3 is 1.91 bits per heavy atom. The molecule has 0 aromatic carbocycles. The third kappa shape index (κ3) is 9.05. The van der Waals surface area contributed by atoms with Crippen molar-refractivity contribution in [3.05, 3.63) is 0 Å². The van der Waals surface area contributed by atoms with Gasteiger partial charge in [0.05, 0.1) is 0 Å². The average molecular weight is 330 g/mol. The summed E-state index contributed by atoms with van der Waals surface area (Å²) in [4.78, 5) is 35.4. The van der Waals surface area contributed by atoms with Gasteiger partial charge in [0.1, 0.15) is 17.7 Å². The van der Waals surface area contributed by atoms with Crippen molar-refractivity contribution >= 4 is 18.0 Å². The summed E-state index contributed by atoms with van der Waals surface area (Å²) in [6, 6.07) is -1.84. The number of carbonyl (C=O) groups excluding carboxylic acids is 2. The highest BCUT2D eigenvalue weighted by molar-refractivity contribution is 5.89. The van der Waals surface area contributed by atoms with E-state index in [-0.39, 0.29) is 11.8 Å². The van der Waals surface area contributed by atoms with Crippen LogP contribution in [0.15, 0.2) is 0 Å².